The molecule has 2 aliphatic rings. The Morgan fingerprint density at radius 3 is 2.41 bits per heavy atom. The van der Waals surface area contributed by atoms with E-state index in [-0.39, 0.29) is 18.1 Å². The number of aliphatic hydroxyl groups excluding tert-OH is 1. The van der Waals surface area contributed by atoms with Gasteiger partial charge in [0.2, 0.25) is 5.91 Å². The lowest BCUT2D eigenvalue weighted by Crippen LogP contribution is -2.53. The summed E-state index contributed by atoms with van der Waals surface area (Å²) in [4.78, 5) is 17.1. The second-order valence-electron chi connectivity index (χ2n) is 7.27. The first-order chi connectivity index (χ1) is 10.5. The van der Waals surface area contributed by atoms with E-state index in [2.05, 4.69) is 29.1 Å². The summed E-state index contributed by atoms with van der Waals surface area (Å²) in [7, 11) is 2.16. The van der Waals surface area contributed by atoms with E-state index >= 15 is 0 Å². The van der Waals surface area contributed by atoms with Crippen molar-refractivity contribution in [3.05, 3.63) is 0 Å². The van der Waals surface area contributed by atoms with Crippen LogP contribution >= 0.6 is 0 Å². The lowest BCUT2D eigenvalue weighted by atomic mass is 9.82. The van der Waals surface area contributed by atoms with Crippen LogP contribution in [0.3, 0.4) is 0 Å². The smallest absolute Gasteiger partial charge is 0.220 e. The number of hydrogen-bond acceptors (Lipinski definition) is 4. The summed E-state index contributed by atoms with van der Waals surface area (Å²) >= 11 is 0. The number of piperazine rings is 1. The van der Waals surface area contributed by atoms with Crippen molar-refractivity contribution >= 4 is 5.91 Å². The van der Waals surface area contributed by atoms with Gasteiger partial charge < -0.3 is 15.3 Å². The maximum atomic E-state index is 12.3. The van der Waals surface area contributed by atoms with Crippen LogP contribution < -0.4 is 5.32 Å². The highest BCUT2D eigenvalue weighted by Gasteiger charge is 2.32. The largest absolute Gasteiger partial charge is 0.394 e. The van der Waals surface area contributed by atoms with Gasteiger partial charge in [0, 0.05) is 38.6 Å². The Hall–Kier alpha value is -0.650. The second-order valence-corrected chi connectivity index (χ2v) is 7.27. The standard InChI is InChI=1S/C17H33N3O2/c1-15(20-12-10-19(2)11-13-20)6-7-16(22)18-17(14-21)8-4-3-5-9-17/h15,21H,3-14H2,1-2H3,(H,18,22)/t15-/m1/s1. The highest BCUT2D eigenvalue weighted by atomic mass is 16.3. The molecule has 0 spiro atoms. The van der Waals surface area contributed by atoms with E-state index < -0.39 is 0 Å². The Kier molecular flexibility index (Phi) is 6.66. The number of rotatable bonds is 6. The average Bonchev–Trinajstić information content (AvgIpc) is 2.54. The number of aliphatic hydroxyl groups is 1. The van der Waals surface area contributed by atoms with Crippen molar-refractivity contribution in [2.45, 2.75) is 63.5 Å². The summed E-state index contributed by atoms with van der Waals surface area (Å²) in [5, 5.41) is 12.8. The molecule has 0 unspecified atom stereocenters. The number of nitrogens with one attached hydrogen (secondary N) is 1. The first-order valence-electron chi connectivity index (χ1n) is 8.89. The van der Waals surface area contributed by atoms with Gasteiger partial charge >= 0.3 is 0 Å². The van der Waals surface area contributed by atoms with E-state index in [0.29, 0.717) is 12.5 Å². The van der Waals surface area contributed by atoms with Gasteiger partial charge in [-0.05, 0) is 33.2 Å². The molecule has 5 heteroatoms. The minimum atomic E-state index is -0.341. The number of likely N-dealkylation sites (N-methyl/N-ethyl adjacent to an activating group) is 1. The molecule has 1 atom stereocenters. The number of carbonyl (C=O) groups excluding carboxylic acids is 1. The summed E-state index contributed by atoms with van der Waals surface area (Å²) in [6, 6.07) is 0.455. The van der Waals surface area contributed by atoms with Gasteiger partial charge in [0.25, 0.3) is 0 Å². The summed E-state index contributed by atoms with van der Waals surface area (Å²) in [6.45, 7) is 6.72. The molecule has 0 aromatic rings. The Morgan fingerprint density at radius 1 is 1.18 bits per heavy atom. The third kappa shape index (κ3) is 4.93. The van der Waals surface area contributed by atoms with E-state index in [1.165, 1.54) is 6.42 Å². The quantitative estimate of drug-likeness (QED) is 0.774. The molecule has 0 bridgehead atoms. The molecular weight excluding hydrogens is 278 g/mol. The molecule has 22 heavy (non-hydrogen) atoms. The predicted molar refractivity (Wildman–Crippen MR) is 88.8 cm³/mol. The molecule has 0 aromatic carbocycles. The third-order valence-corrected chi connectivity index (χ3v) is 5.47. The maximum Gasteiger partial charge on any atom is 0.220 e. The monoisotopic (exact) mass is 311 g/mol. The van der Waals surface area contributed by atoms with E-state index in [1.807, 2.05) is 0 Å². The Bertz CT molecular complexity index is 348. The summed E-state index contributed by atoms with van der Waals surface area (Å²) in [5.41, 5.74) is -0.341. The Labute approximate surface area is 135 Å². The zero-order chi connectivity index (χ0) is 16.0. The fourth-order valence-electron chi connectivity index (χ4n) is 3.69. The van der Waals surface area contributed by atoms with Crippen LogP contribution in [0.15, 0.2) is 0 Å². The van der Waals surface area contributed by atoms with Gasteiger partial charge in [0.15, 0.2) is 0 Å². The second kappa shape index (κ2) is 8.27. The van der Waals surface area contributed by atoms with Gasteiger partial charge in [-0.2, -0.15) is 0 Å². The Morgan fingerprint density at radius 2 is 1.82 bits per heavy atom. The van der Waals surface area contributed by atoms with Crippen molar-refractivity contribution in [3.8, 4) is 0 Å². The molecule has 2 fully saturated rings. The van der Waals surface area contributed by atoms with Crippen molar-refractivity contribution in [2.24, 2.45) is 0 Å². The average molecular weight is 311 g/mol. The predicted octanol–water partition coefficient (Wildman–Crippen LogP) is 1.21. The molecule has 1 saturated carbocycles. The fourth-order valence-corrected chi connectivity index (χ4v) is 3.69. The minimum Gasteiger partial charge on any atom is -0.394 e. The van der Waals surface area contributed by atoms with Crippen LogP contribution in [0.4, 0.5) is 0 Å². The lowest BCUT2D eigenvalue weighted by Gasteiger charge is -2.38. The molecule has 0 radical (unpaired) electrons. The molecule has 0 aromatic heterocycles. The topological polar surface area (TPSA) is 55.8 Å². The number of carbonyl (C=O) groups is 1. The molecule has 1 saturated heterocycles. The zero-order valence-corrected chi connectivity index (χ0v) is 14.3. The van der Waals surface area contributed by atoms with Gasteiger partial charge in [0.05, 0.1) is 12.1 Å². The summed E-state index contributed by atoms with van der Waals surface area (Å²) in [5.74, 6) is 0.108. The SMILES string of the molecule is C[C@H](CCC(=O)NC1(CO)CCCCC1)N1CCN(C)CC1. The van der Waals surface area contributed by atoms with Gasteiger partial charge in [-0.3, -0.25) is 9.69 Å². The van der Waals surface area contributed by atoms with Crippen LogP contribution in [0, 0.1) is 0 Å². The molecule has 1 aliphatic heterocycles. The van der Waals surface area contributed by atoms with E-state index in [0.717, 1.165) is 58.3 Å². The highest BCUT2D eigenvalue weighted by molar-refractivity contribution is 5.76. The summed E-state index contributed by atoms with van der Waals surface area (Å²) in [6.07, 6.45) is 6.74. The van der Waals surface area contributed by atoms with Gasteiger partial charge in [-0.25, -0.2) is 0 Å². The molecule has 1 aliphatic carbocycles. The first-order valence-corrected chi connectivity index (χ1v) is 8.89. The van der Waals surface area contributed by atoms with Crippen molar-refractivity contribution in [2.75, 3.05) is 39.8 Å². The molecule has 2 N–H and O–H groups in total. The van der Waals surface area contributed by atoms with Crippen LogP contribution in [0.5, 0.6) is 0 Å². The first kappa shape index (κ1) is 17.7. The molecule has 128 valence electrons. The van der Waals surface area contributed by atoms with Gasteiger partial charge in [0.1, 0.15) is 0 Å². The number of amides is 1. The Balaban J connectivity index is 1.72. The highest BCUT2D eigenvalue weighted by Crippen LogP contribution is 2.28. The van der Waals surface area contributed by atoms with Crippen molar-refractivity contribution in [3.63, 3.8) is 0 Å². The van der Waals surface area contributed by atoms with Crippen molar-refractivity contribution in [1.82, 2.24) is 15.1 Å². The number of hydrogen-bond donors (Lipinski definition) is 2. The molecule has 2 rings (SSSR count). The normalized spacial score (nSPS) is 24.9. The van der Waals surface area contributed by atoms with Crippen molar-refractivity contribution < 1.29 is 9.90 Å². The van der Waals surface area contributed by atoms with Gasteiger partial charge in [-0.1, -0.05) is 19.3 Å². The van der Waals surface area contributed by atoms with Crippen LogP contribution in [-0.2, 0) is 4.79 Å². The lowest BCUT2D eigenvalue weighted by molar-refractivity contribution is -0.124. The van der Waals surface area contributed by atoms with Gasteiger partial charge in [-0.15, -0.1) is 0 Å². The number of nitrogens with zero attached hydrogens (tertiary/aromatic N) is 2. The van der Waals surface area contributed by atoms with E-state index in [1.54, 1.807) is 0 Å². The van der Waals surface area contributed by atoms with Crippen LogP contribution in [0.25, 0.3) is 0 Å². The van der Waals surface area contributed by atoms with Crippen molar-refractivity contribution in [1.29, 1.82) is 0 Å². The zero-order valence-electron chi connectivity index (χ0n) is 14.3. The minimum absolute atomic E-state index is 0.0761. The fraction of sp³-hybridized carbons (Fsp3) is 0.941. The van der Waals surface area contributed by atoms with Crippen LogP contribution in [0.2, 0.25) is 0 Å². The van der Waals surface area contributed by atoms with E-state index in [9.17, 15) is 9.90 Å². The molecule has 1 heterocycles. The molecular formula is C17H33N3O2. The molecule has 5 nitrogen and oxygen atoms in total. The van der Waals surface area contributed by atoms with Crippen LogP contribution in [-0.4, -0.2) is 72.2 Å². The van der Waals surface area contributed by atoms with Crippen LogP contribution in [0.1, 0.15) is 51.9 Å². The summed E-state index contributed by atoms with van der Waals surface area (Å²) < 4.78 is 0. The molecule has 1 amide bonds. The van der Waals surface area contributed by atoms with E-state index in [4.69, 9.17) is 0 Å². The third-order valence-electron chi connectivity index (χ3n) is 5.47. The maximum absolute atomic E-state index is 12.3.